The van der Waals surface area contributed by atoms with Crippen LogP contribution in [-0.2, 0) is 29.4 Å². The summed E-state index contributed by atoms with van der Waals surface area (Å²) in [6, 6.07) is 41.5. The number of aliphatic carboxylic acids is 1. The Bertz CT molecular complexity index is 2020. The predicted octanol–water partition coefficient (Wildman–Crippen LogP) is 6.44. The van der Waals surface area contributed by atoms with E-state index in [-0.39, 0.29) is 19.1 Å². The summed E-state index contributed by atoms with van der Waals surface area (Å²) < 4.78 is 11.5. The van der Waals surface area contributed by atoms with Crippen molar-refractivity contribution in [3.8, 4) is 11.1 Å². The third-order valence-corrected chi connectivity index (χ3v) is 10.3. The number of carbonyl (C=O) groups excluding carboxylic acids is 3. The summed E-state index contributed by atoms with van der Waals surface area (Å²) in [6.45, 7) is 2.87. The molecule has 0 spiro atoms. The Hall–Kier alpha value is -6.26. The molecule has 7 rings (SSSR count). The van der Waals surface area contributed by atoms with Gasteiger partial charge in [0.05, 0.1) is 13.0 Å². The summed E-state index contributed by atoms with van der Waals surface area (Å²) in [5.41, 5.74) is 3.91. The van der Waals surface area contributed by atoms with Crippen molar-refractivity contribution >= 4 is 23.9 Å². The minimum absolute atomic E-state index is 0.0256. The third kappa shape index (κ3) is 6.83. The van der Waals surface area contributed by atoms with Crippen molar-refractivity contribution < 1.29 is 33.8 Å². The van der Waals surface area contributed by atoms with Crippen LogP contribution in [0.1, 0.15) is 54.0 Å². The second-order valence-corrected chi connectivity index (χ2v) is 13.9. The minimum atomic E-state index is -1.51. The fraction of sp³-hybridized carbons (Fsp3) is 0.227. The largest absolute Gasteiger partial charge is 0.480 e. The van der Waals surface area contributed by atoms with Crippen LogP contribution in [0.5, 0.6) is 0 Å². The van der Waals surface area contributed by atoms with Crippen LogP contribution in [0, 0.1) is 0 Å². The molecule has 1 heterocycles. The second kappa shape index (κ2) is 15.0. The first-order valence-electron chi connectivity index (χ1n) is 17.9. The van der Waals surface area contributed by atoms with Gasteiger partial charge in [0, 0.05) is 5.92 Å². The molecule has 0 saturated carbocycles. The zero-order chi connectivity index (χ0) is 37.9. The number of carboxylic acids is 1. The molecule has 1 fully saturated rings. The van der Waals surface area contributed by atoms with Crippen LogP contribution in [0.3, 0.4) is 0 Å². The summed E-state index contributed by atoms with van der Waals surface area (Å²) in [7, 11) is 0. The van der Waals surface area contributed by atoms with E-state index in [1.165, 1.54) is 0 Å². The topological polar surface area (TPSA) is 134 Å². The Morgan fingerprint density at radius 3 is 1.70 bits per heavy atom. The van der Waals surface area contributed by atoms with Gasteiger partial charge in [-0.15, -0.1) is 0 Å². The highest BCUT2D eigenvalue weighted by Crippen LogP contribution is 2.44. The van der Waals surface area contributed by atoms with Gasteiger partial charge in [-0.25, -0.2) is 9.59 Å². The van der Waals surface area contributed by atoms with Crippen LogP contribution >= 0.6 is 0 Å². The lowest BCUT2D eigenvalue weighted by atomic mass is 9.77. The van der Waals surface area contributed by atoms with Crippen molar-refractivity contribution in [1.29, 1.82) is 0 Å². The number of carboxylic acid groups (broad SMARTS) is 1. The average Bonchev–Trinajstić information content (AvgIpc) is 3.70. The third-order valence-electron chi connectivity index (χ3n) is 10.3. The zero-order valence-corrected chi connectivity index (χ0v) is 30.0. The van der Waals surface area contributed by atoms with Crippen LogP contribution in [0.15, 0.2) is 140 Å². The molecule has 3 N–H and O–H groups in total. The molecule has 0 aromatic heterocycles. The Kier molecular flexibility index (Phi) is 10.0. The van der Waals surface area contributed by atoms with Crippen molar-refractivity contribution in [2.75, 3.05) is 13.2 Å². The summed E-state index contributed by atoms with van der Waals surface area (Å²) in [5.74, 6) is -2.88. The molecule has 5 aromatic rings. The summed E-state index contributed by atoms with van der Waals surface area (Å²) >= 11 is 0. The van der Waals surface area contributed by atoms with Crippen molar-refractivity contribution in [3.63, 3.8) is 0 Å². The Morgan fingerprint density at radius 2 is 1.22 bits per heavy atom. The number of fused-ring (bicyclic) bond motifs is 3. The van der Waals surface area contributed by atoms with E-state index < -0.39 is 53.6 Å². The van der Waals surface area contributed by atoms with E-state index in [9.17, 15) is 24.3 Å². The van der Waals surface area contributed by atoms with Gasteiger partial charge in [-0.3, -0.25) is 14.5 Å². The van der Waals surface area contributed by atoms with E-state index in [2.05, 4.69) is 10.6 Å². The number of amides is 3. The van der Waals surface area contributed by atoms with E-state index in [1.807, 2.05) is 140 Å². The minimum Gasteiger partial charge on any atom is -0.480 e. The van der Waals surface area contributed by atoms with Gasteiger partial charge in [0.25, 0.3) is 0 Å². The van der Waals surface area contributed by atoms with Gasteiger partial charge in [0.2, 0.25) is 11.8 Å². The smallest absolute Gasteiger partial charge is 0.407 e. The number of hydrogen-bond donors (Lipinski definition) is 3. The van der Waals surface area contributed by atoms with Crippen LogP contribution in [0.25, 0.3) is 11.1 Å². The van der Waals surface area contributed by atoms with E-state index in [4.69, 9.17) is 9.47 Å². The molecule has 5 aromatic carbocycles. The number of ether oxygens (including phenoxy) is 2. The van der Waals surface area contributed by atoms with Gasteiger partial charge < -0.3 is 25.2 Å². The van der Waals surface area contributed by atoms with Crippen molar-refractivity contribution in [2.24, 2.45) is 0 Å². The number of nitrogens with one attached hydrogen (secondary N) is 2. The lowest BCUT2D eigenvalue weighted by Gasteiger charge is -2.38. The first-order chi connectivity index (χ1) is 26.1. The van der Waals surface area contributed by atoms with Crippen LogP contribution in [0.4, 0.5) is 4.79 Å². The monoisotopic (exact) mass is 723 g/mol. The highest BCUT2D eigenvalue weighted by atomic mass is 16.6. The number of rotatable bonds is 11. The molecule has 1 saturated heterocycles. The van der Waals surface area contributed by atoms with Gasteiger partial charge in [0.15, 0.2) is 6.04 Å². The molecular weight excluding hydrogens is 682 g/mol. The van der Waals surface area contributed by atoms with Gasteiger partial charge in [-0.05, 0) is 52.8 Å². The van der Waals surface area contributed by atoms with E-state index in [1.54, 1.807) is 13.8 Å². The molecule has 54 heavy (non-hydrogen) atoms. The first kappa shape index (κ1) is 36.1. The summed E-state index contributed by atoms with van der Waals surface area (Å²) in [6.07, 6.45) is -1.45. The van der Waals surface area contributed by atoms with Crippen LogP contribution < -0.4 is 10.6 Å². The molecule has 274 valence electrons. The molecule has 0 unspecified atom stereocenters. The molecule has 1 aliphatic heterocycles. The van der Waals surface area contributed by atoms with E-state index >= 15 is 0 Å². The molecule has 10 nitrogen and oxygen atoms in total. The first-order valence-corrected chi connectivity index (χ1v) is 17.9. The maximum atomic E-state index is 14.5. The number of hydrogen-bond acceptors (Lipinski definition) is 6. The molecule has 3 amide bonds. The molecule has 2 atom stereocenters. The molecule has 0 radical (unpaired) electrons. The normalized spacial score (nSPS) is 16.5. The van der Waals surface area contributed by atoms with Gasteiger partial charge >= 0.3 is 12.1 Å². The molecule has 2 aliphatic rings. The lowest BCUT2D eigenvalue weighted by molar-refractivity contribution is -0.157. The van der Waals surface area contributed by atoms with Crippen LogP contribution in [0.2, 0.25) is 0 Å². The van der Waals surface area contributed by atoms with E-state index in [0.717, 1.165) is 43.8 Å². The van der Waals surface area contributed by atoms with Crippen molar-refractivity contribution in [1.82, 2.24) is 15.5 Å². The lowest BCUT2D eigenvalue weighted by Crippen LogP contribution is -2.59. The maximum absolute atomic E-state index is 14.5. The Morgan fingerprint density at radius 1 is 0.759 bits per heavy atom. The molecule has 10 heteroatoms. The maximum Gasteiger partial charge on any atom is 0.407 e. The van der Waals surface area contributed by atoms with Crippen molar-refractivity contribution in [3.05, 3.63) is 167 Å². The number of carbonyl (C=O) groups is 4. The van der Waals surface area contributed by atoms with Crippen LogP contribution in [-0.4, -0.2) is 64.9 Å². The highest BCUT2D eigenvalue weighted by Gasteiger charge is 2.50. The number of alkyl carbamates (subject to hydrolysis) is 1. The average molecular weight is 724 g/mol. The Balaban J connectivity index is 1.20. The number of benzene rings is 5. The standard InChI is InChI=1S/C44H41N3O7/c1-43(2)47(38(28-54-43)41(50)51)40(49)37(45-42(52)53-27-36-34-24-14-12-22-32(34)33-23-13-15-25-35(33)36)26-39(48)46-44(29-16-6-3-7-17-29,30-18-8-4-9-19-30)31-20-10-5-11-21-31/h3-25,36-38H,26-28H2,1-2H3,(H,45,52)(H,46,48)(H,50,51)/t37-,38+/m1/s1. The fourth-order valence-corrected chi connectivity index (χ4v) is 7.78. The van der Waals surface area contributed by atoms with Gasteiger partial charge in [-0.1, -0.05) is 140 Å². The van der Waals surface area contributed by atoms with Gasteiger partial charge in [0.1, 0.15) is 23.9 Å². The molecule has 0 bridgehead atoms. The highest BCUT2D eigenvalue weighted by molar-refractivity contribution is 5.94. The SMILES string of the molecule is CC1(C)OC[C@@H](C(=O)O)N1C(=O)[C@@H](CC(=O)NC(c1ccccc1)(c1ccccc1)c1ccccc1)NC(=O)OCC1c2ccccc2-c2ccccc21. The fourth-order valence-electron chi connectivity index (χ4n) is 7.78. The number of nitrogens with zero attached hydrogens (tertiary/aromatic N) is 1. The summed E-state index contributed by atoms with van der Waals surface area (Å²) in [4.78, 5) is 56.0. The van der Waals surface area contributed by atoms with Crippen molar-refractivity contribution in [2.45, 2.75) is 49.5 Å². The summed E-state index contributed by atoms with van der Waals surface area (Å²) in [5, 5.41) is 15.9. The molecular formula is C44H41N3O7. The second-order valence-electron chi connectivity index (χ2n) is 13.9. The van der Waals surface area contributed by atoms with E-state index in [0.29, 0.717) is 0 Å². The zero-order valence-electron chi connectivity index (χ0n) is 30.0. The van der Waals surface area contributed by atoms with Gasteiger partial charge in [-0.2, -0.15) is 0 Å². The Labute approximate surface area is 313 Å². The quantitative estimate of drug-likeness (QED) is 0.134. The predicted molar refractivity (Wildman–Crippen MR) is 202 cm³/mol. The molecule has 1 aliphatic carbocycles.